The number of carbonyl (C=O) groups is 5. The van der Waals surface area contributed by atoms with E-state index in [4.69, 9.17) is 75.8 Å². The maximum absolute atomic E-state index is 13.2. The molecule has 8 saturated heterocycles. The lowest BCUT2D eigenvalue weighted by Crippen LogP contribution is -2.71. The van der Waals surface area contributed by atoms with Gasteiger partial charge in [0.15, 0.2) is 50.3 Å². The topological polar surface area (TPSA) is 799 Å². The van der Waals surface area contributed by atoms with Crippen LogP contribution in [0.4, 0.5) is 0 Å². The van der Waals surface area contributed by atoms with Crippen LogP contribution < -0.4 is 26.6 Å². The lowest BCUT2D eigenvalue weighted by atomic mass is 9.93. The maximum atomic E-state index is 13.2. The van der Waals surface area contributed by atoms with Gasteiger partial charge in [0.25, 0.3) is 0 Å². The molecule has 115 heavy (non-hydrogen) atoms. The Bertz CT molecular complexity index is 3050. The quantitative estimate of drug-likeness (QED) is 0.0284. The second kappa shape index (κ2) is 43.0. The first-order valence-corrected chi connectivity index (χ1v) is 36.5. The van der Waals surface area contributed by atoms with Crippen LogP contribution in [0.15, 0.2) is 0 Å². The molecule has 666 valence electrons. The van der Waals surface area contributed by atoms with E-state index < -0.39 is 365 Å². The monoisotopic (exact) mass is 1680 g/mol. The molecule has 8 aliphatic rings. The Morgan fingerprint density at radius 2 is 0.609 bits per heavy atom. The van der Waals surface area contributed by atoms with E-state index in [1.807, 2.05) is 0 Å². The molecule has 0 aromatic carbocycles. The number of carbonyl (C=O) groups excluding carboxylic acids is 5. The zero-order valence-electron chi connectivity index (χ0n) is 62.2. The Labute approximate surface area is 652 Å². The fourth-order valence-corrected chi connectivity index (χ4v) is 14.4. The van der Waals surface area contributed by atoms with Gasteiger partial charge in [-0.05, 0) is 0 Å². The van der Waals surface area contributed by atoms with E-state index in [9.17, 15) is 152 Å². The summed E-state index contributed by atoms with van der Waals surface area (Å²) in [5, 5.41) is 291. The van der Waals surface area contributed by atoms with Crippen molar-refractivity contribution in [3.8, 4) is 0 Å². The van der Waals surface area contributed by atoms with Crippen LogP contribution in [0.1, 0.15) is 34.6 Å². The van der Waals surface area contributed by atoms with E-state index in [0.717, 1.165) is 34.6 Å². The molecule has 8 aliphatic heterocycles. The highest BCUT2D eigenvalue weighted by Gasteiger charge is 2.61. The minimum absolute atomic E-state index is 0.832. The Morgan fingerprint density at radius 1 is 0.296 bits per heavy atom. The summed E-state index contributed by atoms with van der Waals surface area (Å²) in [5.74, 6) is -4.72. The molecule has 8 heterocycles. The smallest absolute Gasteiger partial charge is 0.217 e. The number of nitrogens with one attached hydrogen (secondary N) is 5. The van der Waals surface area contributed by atoms with Crippen LogP contribution in [0.3, 0.4) is 0 Å². The van der Waals surface area contributed by atoms with E-state index in [2.05, 4.69) is 26.6 Å². The number of hydrogen-bond acceptors (Lipinski definition) is 46. The van der Waals surface area contributed by atoms with Gasteiger partial charge in [0.05, 0.1) is 72.1 Å². The van der Waals surface area contributed by atoms with Crippen LogP contribution in [0.2, 0.25) is 0 Å². The zero-order chi connectivity index (χ0) is 85.2. The number of ether oxygens (including phenoxy) is 16. The highest BCUT2D eigenvalue weighted by Crippen LogP contribution is 2.41. The van der Waals surface area contributed by atoms with Crippen molar-refractivity contribution in [2.75, 3.05) is 66.1 Å². The maximum Gasteiger partial charge on any atom is 0.217 e. The van der Waals surface area contributed by atoms with Crippen LogP contribution in [0, 0.1) is 0 Å². The molecule has 0 bridgehead atoms. The molecule has 0 aromatic heterocycles. The minimum Gasteiger partial charge on any atom is -0.394 e. The van der Waals surface area contributed by atoms with Crippen LogP contribution in [0.5, 0.6) is 0 Å². The molecule has 5 amide bonds. The molecule has 0 radical (unpaired) electrons. The molecule has 8 rings (SSSR count). The van der Waals surface area contributed by atoms with E-state index >= 15 is 0 Å². The zero-order valence-corrected chi connectivity index (χ0v) is 62.2. The second-order valence-electron chi connectivity index (χ2n) is 28.7. The summed E-state index contributed by atoms with van der Waals surface area (Å²) in [6.45, 7) is -6.99. The lowest BCUT2D eigenvalue weighted by Gasteiger charge is -2.52. The third-order valence-corrected chi connectivity index (χ3v) is 20.4. The first-order chi connectivity index (χ1) is 54.4. The summed E-state index contributed by atoms with van der Waals surface area (Å²) in [7, 11) is 0. The molecule has 0 spiro atoms. The average Bonchev–Trinajstić information content (AvgIpc) is 0.695. The van der Waals surface area contributed by atoms with Crippen molar-refractivity contribution in [2.24, 2.45) is 0 Å². The van der Waals surface area contributed by atoms with Gasteiger partial charge >= 0.3 is 0 Å². The van der Waals surface area contributed by atoms with Gasteiger partial charge in [-0.2, -0.15) is 0 Å². The van der Waals surface area contributed by atoms with Crippen LogP contribution >= 0.6 is 0 Å². The molecular weight excluding hydrogens is 1570 g/mol. The summed E-state index contributed by atoms with van der Waals surface area (Å²) < 4.78 is 97.6. The van der Waals surface area contributed by atoms with Gasteiger partial charge in [-0.15, -0.1) is 0 Å². The Hall–Kier alpha value is -4.29. The van der Waals surface area contributed by atoms with Crippen molar-refractivity contribution in [1.82, 2.24) is 26.6 Å². The predicted molar refractivity (Wildman–Crippen MR) is 357 cm³/mol. The fourth-order valence-electron chi connectivity index (χ4n) is 14.4. The highest BCUT2D eigenvalue weighted by molar-refractivity contribution is 5.75. The number of rotatable bonds is 34. The van der Waals surface area contributed by atoms with Gasteiger partial charge in [0.1, 0.15) is 213 Å². The van der Waals surface area contributed by atoms with Crippen molar-refractivity contribution >= 4 is 29.5 Å². The fraction of sp³-hybridized carbons (Fsp3) is 0.922. The van der Waals surface area contributed by atoms with E-state index in [1.165, 1.54) is 0 Å². The number of aliphatic hydroxyl groups is 25. The van der Waals surface area contributed by atoms with Gasteiger partial charge in [-0.25, -0.2) is 0 Å². The summed E-state index contributed by atoms with van der Waals surface area (Å²) in [5.41, 5.74) is 0. The minimum atomic E-state index is -2.75. The Kier molecular flexibility index (Phi) is 35.9. The lowest BCUT2D eigenvalue weighted by molar-refractivity contribution is -0.408. The molecule has 0 aromatic rings. The average molecular weight is 1680 g/mol. The van der Waals surface area contributed by atoms with E-state index in [0.29, 0.717) is 0 Å². The van der Waals surface area contributed by atoms with Gasteiger partial charge < -0.3 is 230 Å². The summed E-state index contributed by atoms with van der Waals surface area (Å²) in [6.07, 6.45) is -85.3. The third kappa shape index (κ3) is 22.3. The molecule has 44 atom stereocenters. The van der Waals surface area contributed by atoms with Gasteiger partial charge in [0.2, 0.25) is 29.5 Å². The summed E-state index contributed by atoms with van der Waals surface area (Å²) in [6, 6.07) is -9.58. The van der Waals surface area contributed by atoms with E-state index in [-0.39, 0.29) is 0 Å². The SMILES string of the molecule is CC(=O)N[C@H]1[C@H](O[C@@H]([C@H](O)[C@H](CO)NC(C)=O)[C@H](O)CO)O[C@H](CO)[C@@H](O[C@H]2O[C@H](CO[C@H]3O[C@H](CO)[C@@H](O)[C@H](O)[C@@H]3O[C@@H]3O[C@H](CO)[C@@H](O)[C@H](O)[C@H]3NC(C)=O)[C@@H](O[C@@H]3O[C@H](CO)[C@@H](O)[C@H](O)[C@H]3NC(C)=O)[C@H](O[C@H]3O[C@H](CO)[C@@H](O)[C@H](O)[C@@H]3O[C@@H]3O[C@H](CO)[C@@H](O[C@@H]4O[C@H](CO)[C@H](O)[C@H](O)[C@H]4O)[C@H](O)[C@H]3NC(C)=O)[C@@H]2O)[C@@H]1O. The van der Waals surface area contributed by atoms with Crippen LogP contribution in [-0.2, 0) is 99.8 Å². The van der Waals surface area contributed by atoms with Crippen molar-refractivity contribution in [3.05, 3.63) is 0 Å². The number of hydrogen-bond donors (Lipinski definition) is 30. The van der Waals surface area contributed by atoms with Crippen LogP contribution in [0.25, 0.3) is 0 Å². The third-order valence-electron chi connectivity index (χ3n) is 20.4. The van der Waals surface area contributed by atoms with Gasteiger partial charge in [-0.3, -0.25) is 24.0 Å². The molecule has 30 N–H and O–H groups in total. The number of aliphatic hydroxyl groups excluding tert-OH is 25. The predicted octanol–water partition coefficient (Wildman–Crippen LogP) is -20.3. The second-order valence-corrected chi connectivity index (χ2v) is 28.7. The van der Waals surface area contributed by atoms with Crippen molar-refractivity contribution in [3.63, 3.8) is 0 Å². The summed E-state index contributed by atoms with van der Waals surface area (Å²) >= 11 is 0. The molecule has 51 heteroatoms. The Morgan fingerprint density at radius 3 is 1.01 bits per heavy atom. The van der Waals surface area contributed by atoms with Crippen molar-refractivity contribution in [1.29, 1.82) is 0 Å². The molecule has 51 nitrogen and oxygen atoms in total. The standard InChI is InChI=1S/C64H109N5O46/c1-16(79)65-21(6-70)35(85)50(22(84)7-71)109-59-33(68-19(4)82)43(93)52(29(14-78)106-59)111-62-49(99)54(113-64-56(47(97)40(90)27(12-76)105-64)115-60-34(69-20(5)83)44(94)51(28(13-77)107-60)110-61-48(98)45(95)38(88)25(10-74)103-61)53(112-57-31(66-17(2)80)41(91)36(86)23(8-72)101-57)30(108-62)15-100-63-55(46(96)39(89)26(11-75)104-63)114-58-32(67-18(3)81)42(92)37(87)24(9-73)102-58/h21-64,70-78,84-99H,6-15H2,1-5H3,(H,65,79)(H,66,80)(H,67,81)(H,68,82)(H,69,83)/t21-,22+,23+,24+,25+,26+,27+,28+,29+,30+,31+,32+,33+,34+,35+,36+,37+,38-,39+,40+,41+,42+,43+,44+,45-,46-,47-,48+,49-,50+,51+,52+,53+,54+,55-,56-,57-,58-,59-,60-,61-,62+,63-,64+/m0/s1. The first-order valence-electron chi connectivity index (χ1n) is 36.5. The highest BCUT2D eigenvalue weighted by atomic mass is 16.8. The first kappa shape index (κ1) is 96.2. The van der Waals surface area contributed by atoms with Crippen LogP contribution in [-0.4, -0.2) is 493 Å². The van der Waals surface area contributed by atoms with Gasteiger partial charge in [0, 0.05) is 34.6 Å². The molecular formula is C64H109N5O46. The normalized spacial score (nSPS) is 45.0. The largest absolute Gasteiger partial charge is 0.394 e. The van der Waals surface area contributed by atoms with Crippen molar-refractivity contribution in [2.45, 2.75) is 304 Å². The summed E-state index contributed by atoms with van der Waals surface area (Å²) in [4.78, 5) is 64.0. The molecule has 0 unspecified atom stereocenters. The van der Waals surface area contributed by atoms with Gasteiger partial charge in [-0.1, -0.05) is 0 Å². The molecule has 0 saturated carbocycles. The Balaban J connectivity index is 1.28. The number of amides is 5. The van der Waals surface area contributed by atoms with E-state index in [1.54, 1.807) is 0 Å². The molecule has 8 fully saturated rings. The molecule has 0 aliphatic carbocycles. The van der Waals surface area contributed by atoms with Crippen molar-refractivity contribution < 1.29 is 227 Å².